The molecular formula is C22H41N5O4Si2. The van der Waals surface area contributed by atoms with Crippen molar-refractivity contribution in [2.75, 3.05) is 18.9 Å². The van der Waals surface area contributed by atoms with Crippen LogP contribution in [0.4, 0.5) is 5.82 Å². The van der Waals surface area contributed by atoms with E-state index in [1.54, 1.807) is 10.9 Å². The van der Waals surface area contributed by atoms with Gasteiger partial charge in [0, 0.05) is 0 Å². The zero-order valence-corrected chi connectivity index (χ0v) is 23.8. The summed E-state index contributed by atoms with van der Waals surface area (Å²) in [5.74, 6) is 0.285. The lowest BCUT2D eigenvalue weighted by Gasteiger charge is -2.45. The van der Waals surface area contributed by atoms with Crippen molar-refractivity contribution < 1.29 is 18.7 Å². The van der Waals surface area contributed by atoms with E-state index in [1.807, 2.05) is 0 Å². The molecule has 11 heteroatoms. The van der Waals surface area contributed by atoms with E-state index in [0.29, 0.717) is 17.8 Å². The third-order valence-corrected chi connectivity index (χ3v) is 16.7. The number of fused-ring (bicyclic) bond motifs is 1. The fourth-order valence-corrected chi connectivity index (χ4v) is 5.90. The van der Waals surface area contributed by atoms with E-state index in [2.05, 4.69) is 82.7 Å². The number of ether oxygens (including phenoxy) is 1. The Morgan fingerprint density at radius 2 is 1.70 bits per heavy atom. The highest BCUT2D eigenvalue weighted by Gasteiger charge is 2.57. The normalized spacial score (nSPS) is 25.2. The molecule has 0 spiro atoms. The Morgan fingerprint density at radius 3 is 2.27 bits per heavy atom. The molecule has 1 aliphatic rings. The molecule has 2 aromatic heterocycles. The quantitative estimate of drug-likeness (QED) is 0.580. The summed E-state index contributed by atoms with van der Waals surface area (Å²) in [6, 6.07) is 0. The largest absolute Gasteiger partial charge is 0.414 e. The first-order chi connectivity index (χ1) is 14.9. The molecule has 3 N–H and O–H groups in total. The lowest BCUT2D eigenvalue weighted by Crippen LogP contribution is -2.57. The van der Waals surface area contributed by atoms with Gasteiger partial charge in [0.15, 0.2) is 33.8 Å². The summed E-state index contributed by atoms with van der Waals surface area (Å²) < 4.78 is 21.3. The SMILES string of the molecule is CC(C)(C)[Si](C)(C)OC[C@H]1OCC(O[Si](C)(C)C(C)(C)C)(n2cnc3c(N)ncnc32)C1O. The molecule has 186 valence electrons. The van der Waals surface area contributed by atoms with E-state index < -0.39 is 34.6 Å². The number of hydrogen-bond acceptors (Lipinski definition) is 8. The van der Waals surface area contributed by atoms with Gasteiger partial charge in [-0.2, -0.15) is 0 Å². The van der Waals surface area contributed by atoms with Gasteiger partial charge >= 0.3 is 0 Å². The Hall–Kier alpha value is -1.38. The van der Waals surface area contributed by atoms with Crippen molar-refractivity contribution in [3.63, 3.8) is 0 Å². The average Bonchev–Trinajstić information content (AvgIpc) is 3.22. The van der Waals surface area contributed by atoms with Crippen molar-refractivity contribution in [3.8, 4) is 0 Å². The third kappa shape index (κ3) is 4.63. The highest BCUT2D eigenvalue weighted by Crippen LogP contribution is 2.45. The second-order valence-electron chi connectivity index (χ2n) is 12.1. The van der Waals surface area contributed by atoms with Crippen molar-refractivity contribution in [3.05, 3.63) is 12.7 Å². The van der Waals surface area contributed by atoms with Crippen LogP contribution in [0.15, 0.2) is 12.7 Å². The molecule has 1 saturated heterocycles. The molecule has 0 aromatic carbocycles. The van der Waals surface area contributed by atoms with E-state index in [0.717, 1.165) is 0 Å². The van der Waals surface area contributed by atoms with E-state index in [-0.39, 0.29) is 22.5 Å². The summed E-state index contributed by atoms with van der Waals surface area (Å²) in [6.07, 6.45) is 1.49. The first kappa shape index (κ1) is 26.2. The maximum Gasteiger partial charge on any atom is 0.195 e. The van der Waals surface area contributed by atoms with Crippen LogP contribution < -0.4 is 5.73 Å². The van der Waals surface area contributed by atoms with Crippen molar-refractivity contribution >= 4 is 33.6 Å². The zero-order valence-electron chi connectivity index (χ0n) is 21.8. The van der Waals surface area contributed by atoms with Gasteiger partial charge in [0.05, 0.1) is 19.5 Å². The first-order valence-electron chi connectivity index (χ1n) is 11.5. The molecule has 3 atom stereocenters. The highest BCUT2D eigenvalue weighted by molar-refractivity contribution is 6.74. The molecule has 2 aromatic rings. The van der Waals surface area contributed by atoms with Gasteiger partial charge in [-0.25, -0.2) is 15.0 Å². The summed E-state index contributed by atoms with van der Waals surface area (Å²) >= 11 is 0. The van der Waals surface area contributed by atoms with Crippen molar-refractivity contribution in [2.24, 2.45) is 0 Å². The number of nitrogen functional groups attached to an aromatic ring is 1. The molecule has 33 heavy (non-hydrogen) atoms. The molecule has 1 fully saturated rings. The maximum absolute atomic E-state index is 11.7. The highest BCUT2D eigenvalue weighted by atomic mass is 28.4. The summed E-state index contributed by atoms with van der Waals surface area (Å²) in [5, 5.41) is 11.7. The second kappa shape index (κ2) is 8.38. The zero-order chi connectivity index (χ0) is 25.0. The summed E-state index contributed by atoms with van der Waals surface area (Å²) in [7, 11) is -4.38. The molecule has 0 bridgehead atoms. The Kier molecular flexibility index (Phi) is 6.66. The molecule has 3 rings (SSSR count). The summed E-state index contributed by atoms with van der Waals surface area (Å²) in [6.45, 7) is 22.2. The van der Waals surface area contributed by atoms with E-state index in [4.69, 9.17) is 19.3 Å². The molecule has 0 radical (unpaired) electrons. The first-order valence-corrected chi connectivity index (χ1v) is 17.3. The molecule has 1 aliphatic heterocycles. The van der Waals surface area contributed by atoms with E-state index in [1.165, 1.54) is 6.33 Å². The van der Waals surface area contributed by atoms with Crippen LogP contribution in [0.1, 0.15) is 41.5 Å². The van der Waals surface area contributed by atoms with Gasteiger partial charge in [-0.05, 0) is 36.3 Å². The molecule has 0 saturated carbocycles. The number of anilines is 1. The van der Waals surface area contributed by atoms with Crippen LogP contribution in [0.25, 0.3) is 11.2 Å². The predicted molar refractivity (Wildman–Crippen MR) is 135 cm³/mol. The fourth-order valence-electron chi connectivity index (χ4n) is 3.42. The Bertz CT molecular complexity index is 999. The minimum Gasteiger partial charge on any atom is -0.414 e. The molecule has 0 aliphatic carbocycles. The molecular weight excluding hydrogens is 454 g/mol. The van der Waals surface area contributed by atoms with Gasteiger partial charge in [-0.3, -0.25) is 4.57 Å². The monoisotopic (exact) mass is 495 g/mol. The second-order valence-corrected chi connectivity index (χ2v) is 21.7. The van der Waals surface area contributed by atoms with Gasteiger partial charge in [0.25, 0.3) is 0 Å². The van der Waals surface area contributed by atoms with Gasteiger partial charge in [0.1, 0.15) is 24.1 Å². The molecule has 3 heterocycles. The summed E-state index contributed by atoms with van der Waals surface area (Å²) in [4.78, 5) is 12.9. The smallest absolute Gasteiger partial charge is 0.195 e. The number of aliphatic hydroxyl groups is 1. The van der Waals surface area contributed by atoms with Crippen molar-refractivity contribution in [2.45, 2.75) is 95.7 Å². The standard InChI is InChI=1S/C22H41N5O4Si2/c1-20(2,3)32(7,8)30-11-15-17(28)22(12-29-15,31-33(9,10)21(4,5)6)27-14-26-16-18(23)24-13-25-19(16)27/h13-15,17,28H,11-12H2,1-10H3,(H2,23,24,25)/t15-,17?,22?/m1/s1. The number of aromatic nitrogens is 4. The molecule has 0 amide bonds. The van der Waals surface area contributed by atoms with Crippen LogP contribution in [0.2, 0.25) is 36.3 Å². The van der Waals surface area contributed by atoms with Crippen molar-refractivity contribution in [1.82, 2.24) is 19.5 Å². The lowest BCUT2D eigenvalue weighted by molar-refractivity contribution is -0.0976. The van der Waals surface area contributed by atoms with Crippen LogP contribution >= 0.6 is 0 Å². The van der Waals surface area contributed by atoms with Crippen LogP contribution in [-0.4, -0.2) is 66.7 Å². The lowest BCUT2D eigenvalue weighted by atomic mass is 10.1. The fraction of sp³-hybridized carbons (Fsp3) is 0.773. The topological polar surface area (TPSA) is 118 Å². The minimum absolute atomic E-state index is 0.0558. The number of aliphatic hydroxyl groups excluding tert-OH is 1. The van der Waals surface area contributed by atoms with E-state index in [9.17, 15) is 5.11 Å². The van der Waals surface area contributed by atoms with Crippen LogP contribution in [0.3, 0.4) is 0 Å². The maximum atomic E-state index is 11.7. The van der Waals surface area contributed by atoms with Crippen LogP contribution in [0.5, 0.6) is 0 Å². The van der Waals surface area contributed by atoms with Gasteiger partial charge < -0.3 is 24.4 Å². The number of imidazole rings is 1. The minimum atomic E-state index is -2.36. The van der Waals surface area contributed by atoms with Gasteiger partial charge in [0.2, 0.25) is 0 Å². The van der Waals surface area contributed by atoms with E-state index >= 15 is 0 Å². The van der Waals surface area contributed by atoms with Crippen molar-refractivity contribution in [1.29, 1.82) is 0 Å². The Labute approximate surface area is 199 Å². The average molecular weight is 496 g/mol. The number of rotatable bonds is 6. The number of nitrogens with two attached hydrogens (primary N) is 1. The Balaban J connectivity index is 2.03. The van der Waals surface area contributed by atoms with Gasteiger partial charge in [-0.1, -0.05) is 41.5 Å². The predicted octanol–water partition coefficient (Wildman–Crippen LogP) is 3.86. The Morgan fingerprint density at radius 1 is 1.09 bits per heavy atom. The van der Waals surface area contributed by atoms with Crippen LogP contribution in [0, 0.1) is 0 Å². The molecule has 9 nitrogen and oxygen atoms in total. The molecule has 2 unspecified atom stereocenters. The number of hydrogen-bond donors (Lipinski definition) is 2. The number of nitrogens with zero attached hydrogens (tertiary/aromatic N) is 4. The third-order valence-electron chi connectivity index (χ3n) is 7.74. The van der Waals surface area contributed by atoms with Gasteiger partial charge in [-0.15, -0.1) is 0 Å². The van der Waals surface area contributed by atoms with Crippen LogP contribution in [-0.2, 0) is 19.3 Å². The summed E-state index contributed by atoms with van der Waals surface area (Å²) in [5.41, 5.74) is 5.83.